The molecule has 0 N–H and O–H groups in total. The number of halogens is 1. The molecule has 3 aromatic rings. The van der Waals surface area contributed by atoms with Crippen LogP contribution in [0.5, 0.6) is 0 Å². The molecule has 0 aliphatic heterocycles. The third-order valence-corrected chi connectivity index (χ3v) is 7.27. The molecule has 2 nitrogen and oxygen atoms in total. The third kappa shape index (κ3) is 3.98. The predicted octanol–water partition coefficient (Wildman–Crippen LogP) is 5.95. The summed E-state index contributed by atoms with van der Waals surface area (Å²) in [6.07, 6.45) is 7.01. The zero-order chi connectivity index (χ0) is 18.9. The van der Waals surface area contributed by atoms with Gasteiger partial charge >= 0.3 is 0 Å². The van der Waals surface area contributed by atoms with Crippen molar-refractivity contribution in [1.82, 2.24) is 4.98 Å². The maximum Gasteiger partial charge on any atom is 0.150 e. The van der Waals surface area contributed by atoms with Crippen molar-refractivity contribution < 1.29 is 4.79 Å². The molecule has 0 amide bonds. The summed E-state index contributed by atoms with van der Waals surface area (Å²) in [5.41, 5.74) is 1.96. The zero-order valence-corrected chi connectivity index (χ0v) is 17.5. The number of hydrogen-bond acceptors (Lipinski definition) is 4. The van der Waals surface area contributed by atoms with Crippen molar-refractivity contribution >= 4 is 40.5 Å². The Labute approximate surface area is 173 Å². The van der Waals surface area contributed by atoms with E-state index in [1.54, 1.807) is 23.1 Å². The first kappa shape index (κ1) is 18.7. The SMILES string of the molecule is CSc1ccc(C2(C(=O)Cc3ncc(Cc4ccccc4Cl)s3)CC2)cc1. The molecule has 0 bridgehead atoms. The fraction of sp³-hybridized carbons (Fsp3) is 0.273. The molecule has 0 spiro atoms. The number of Topliss-reactive ketones (excluding diaryl/α,β-unsaturated/α-hetero) is 1. The number of benzene rings is 2. The summed E-state index contributed by atoms with van der Waals surface area (Å²) in [5.74, 6) is 0.290. The van der Waals surface area contributed by atoms with Crippen LogP contribution in [0.4, 0.5) is 0 Å². The standard InChI is InChI=1S/C22H20ClNOS2/c1-26-17-8-6-16(7-9-17)22(10-11-22)20(25)13-21-24-14-18(27-21)12-15-4-2-3-5-19(15)23/h2-9,14H,10-13H2,1H3. The first-order valence-corrected chi connectivity index (χ1v) is 11.4. The zero-order valence-electron chi connectivity index (χ0n) is 15.1. The van der Waals surface area contributed by atoms with Gasteiger partial charge in [0.1, 0.15) is 10.8 Å². The van der Waals surface area contributed by atoms with Gasteiger partial charge in [0.15, 0.2) is 0 Å². The van der Waals surface area contributed by atoms with E-state index in [1.165, 1.54) is 4.90 Å². The summed E-state index contributed by atoms with van der Waals surface area (Å²) in [4.78, 5) is 19.9. The molecule has 0 saturated heterocycles. The van der Waals surface area contributed by atoms with Gasteiger partial charge in [0.25, 0.3) is 0 Å². The molecule has 1 saturated carbocycles. The summed E-state index contributed by atoms with van der Waals surface area (Å²) >= 11 is 9.59. The number of thiazole rings is 1. The molecule has 1 fully saturated rings. The molecule has 1 aromatic heterocycles. The lowest BCUT2D eigenvalue weighted by Gasteiger charge is -2.14. The average molecular weight is 414 g/mol. The molecule has 0 atom stereocenters. The fourth-order valence-corrected chi connectivity index (χ4v) is 4.97. The van der Waals surface area contributed by atoms with E-state index in [0.29, 0.717) is 6.42 Å². The van der Waals surface area contributed by atoms with Crippen molar-refractivity contribution in [2.24, 2.45) is 0 Å². The van der Waals surface area contributed by atoms with Crippen LogP contribution in [0.3, 0.4) is 0 Å². The van der Waals surface area contributed by atoms with E-state index in [-0.39, 0.29) is 11.2 Å². The number of thioether (sulfide) groups is 1. The van der Waals surface area contributed by atoms with Gasteiger partial charge in [0.05, 0.1) is 11.8 Å². The van der Waals surface area contributed by atoms with Gasteiger partial charge in [-0.25, -0.2) is 4.98 Å². The molecular formula is C22H20ClNOS2. The normalized spacial score (nSPS) is 14.9. The summed E-state index contributed by atoms with van der Waals surface area (Å²) in [6.45, 7) is 0. The smallest absolute Gasteiger partial charge is 0.150 e. The number of rotatable bonds is 7. The number of carbonyl (C=O) groups excluding carboxylic acids is 1. The van der Waals surface area contributed by atoms with E-state index in [0.717, 1.165) is 45.3 Å². The van der Waals surface area contributed by atoms with Crippen LogP contribution in [-0.4, -0.2) is 17.0 Å². The highest BCUT2D eigenvalue weighted by atomic mass is 35.5. The van der Waals surface area contributed by atoms with Crippen molar-refractivity contribution in [2.45, 2.75) is 36.0 Å². The van der Waals surface area contributed by atoms with Gasteiger partial charge in [0.2, 0.25) is 0 Å². The maximum absolute atomic E-state index is 13.0. The first-order valence-electron chi connectivity index (χ1n) is 8.95. The lowest BCUT2D eigenvalue weighted by atomic mass is 9.90. The molecule has 4 rings (SSSR count). The summed E-state index contributed by atoms with van der Waals surface area (Å²) in [6, 6.07) is 16.3. The van der Waals surface area contributed by atoms with Gasteiger partial charge < -0.3 is 0 Å². The third-order valence-electron chi connectivity index (χ3n) is 5.16. The van der Waals surface area contributed by atoms with Crippen molar-refractivity contribution in [2.75, 3.05) is 6.26 Å². The first-order chi connectivity index (χ1) is 13.1. The van der Waals surface area contributed by atoms with Crippen LogP contribution in [0.2, 0.25) is 5.02 Å². The lowest BCUT2D eigenvalue weighted by Crippen LogP contribution is -2.22. The molecule has 5 heteroatoms. The Bertz CT molecular complexity index is 960. The van der Waals surface area contributed by atoms with Gasteiger partial charge in [-0.1, -0.05) is 41.9 Å². The second-order valence-corrected chi connectivity index (χ2v) is 9.39. The minimum atomic E-state index is -0.286. The Balaban J connectivity index is 1.45. The Morgan fingerprint density at radius 2 is 1.93 bits per heavy atom. The highest BCUT2D eigenvalue weighted by Crippen LogP contribution is 2.49. The van der Waals surface area contributed by atoms with Crippen LogP contribution in [0.25, 0.3) is 0 Å². The highest BCUT2D eigenvalue weighted by molar-refractivity contribution is 7.98. The molecule has 1 heterocycles. The highest BCUT2D eigenvalue weighted by Gasteiger charge is 2.50. The van der Waals surface area contributed by atoms with Gasteiger partial charge in [-0.2, -0.15) is 0 Å². The second-order valence-electron chi connectivity index (χ2n) is 6.90. The quantitative estimate of drug-likeness (QED) is 0.448. The Morgan fingerprint density at radius 1 is 1.19 bits per heavy atom. The summed E-state index contributed by atoms with van der Waals surface area (Å²) < 4.78 is 0. The number of ketones is 1. The molecule has 0 unspecified atom stereocenters. The molecular weight excluding hydrogens is 394 g/mol. The molecule has 1 aliphatic rings. The minimum absolute atomic E-state index is 0.286. The van der Waals surface area contributed by atoms with Crippen molar-refractivity contribution in [3.8, 4) is 0 Å². The average Bonchev–Trinajstić information content (AvgIpc) is 3.39. The maximum atomic E-state index is 13.0. The second kappa shape index (κ2) is 7.78. The van der Waals surface area contributed by atoms with Gasteiger partial charge in [-0.3, -0.25) is 4.79 Å². The number of nitrogens with zero attached hydrogens (tertiary/aromatic N) is 1. The van der Waals surface area contributed by atoms with E-state index in [9.17, 15) is 4.79 Å². The van der Waals surface area contributed by atoms with Crippen LogP contribution in [0.15, 0.2) is 59.6 Å². The van der Waals surface area contributed by atoms with Gasteiger partial charge in [-0.05, 0) is 48.4 Å². The van der Waals surface area contributed by atoms with Crippen molar-refractivity contribution in [1.29, 1.82) is 0 Å². The largest absolute Gasteiger partial charge is 0.298 e. The molecule has 27 heavy (non-hydrogen) atoms. The van der Waals surface area contributed by atoms with Crippen LogP contribution in [0, 0.1) is 0 Å². The fourth-order valence-electron chi connectivity index (χ4n) is 3.41. The van der Waals surface area contributed by atoms with Gasteiger partial charge in [-0.15, -0.1) is 23.1 Å². The monoisotopic (exact) mass is 413 g/mol. The van der Waals surface area contributed by atoms with Crippen molar-refractivity contribution in [3.05, 3.63) is 80.8 Å². The van der Waals surface area contributed by atoms with E-state index in [1.807, 2.05) is 30.5 Å². The van der Waals surface area contributed by atoms with E-state index >= 15 is 0 Å². The van der Waals surface area contributed by atoms with E-state index < -0.39 is 0 Å². The number of carbonyl (C=O) groups is 1. The Morgan fingerprint density at radius 3 is 2.59 bits per heavy atom. The van der Waals surface area contributed by atoms with Crippen LogP contribution in [0.1, 0.15) is 33.9 Å². The topological polar surface area (TPSA) is 30.0 Å². The van der Waals surface area contributed by atoms with Gasteiger partial charge in [0, 0.05) is 27.4 Å². The van der Waals surface area contributed by atoms with E-state index in [2.05, 4.69) is 35.5 Å². The number of hydrogen-bond donors (Lipinski definition) is 0. The lowest BCUT2D eigenvalue weighted by molar-refractivity contribution is -0.120. The number of aromatic nitrogens is 1. The molecule has 2 aromatic carbocycles. The predicted molar refractivity (Wildman–Crippen MR) is 114 cm³/mol. The summed E-state index contributed by atoms with van der Waals surface area (Å²) in [7, 11) is 0. The van der Waals surface area contributed by atoms with Crippen LogP contribution >= 0.6 is 34.7 Å². The summed E-state index contributed by atoms with van der Waals surface area (Å²) in [5, 5.41) is 1.67. The Kier molecular flexibility index (Phi) is 5.40. The molecule has 0 radical (unpaired) electrons. The Hall–Kier alpha value is -1.62. The van der Waals surface area contributed by atoms with Crippen LogP contribution < -0.4 is 0 Å². The van der Waals surface area contributed by atoms with Crippen molar-refractivity contribution in [3.63, 3.8) is 0 Å². The molecule has 1 aliphatic carbocycles. The minimum Gasteiger partial charge on any atom is -0.298 e. The van der Waals surface area contributed by atoms with Crippen LogP contribution in [-0.2, 0) is 23.1 Å². The van der Waals surface area contributed by atoms with E-state index in [4.69, 9.17) is 11.6 Å². The molecule has 138 valence electrons.